The van der Waals surface area contributed by atoms with Crippen molar-refractivity contribution in [2.45, 2.75) is 6.92 Å². The number of halogens is 2. The summed E-state index contributed by atoms with van der Waals surface area (Å²) in [5.41, 5.74) is 2.86. The molecule has 2 amide bonds. The number of methoxy groups -OCH3 is 2. The van der Waals surface area contributed by atoms with Gasteiger partial charge in [-0.05, 0) is 60.7 Å². The number of amides is 2. The number of aromatic nitrogens is 1. The van der Waals surface area contributed by atoms with Crippen LogP contribution in [-0.2, 0) is 4.79 Å². The number of anilines is 4. The maximum Gasteiger partial charge on any atom is 0.266 e. The van der Waals surface area contributed by atoms with E-state index in [9.17, 15) is 9.59 Å². The van der Waals surface area contributed by atoms with Crippen LogP contribution in [0.5, 0.6) is 11.5 Å². The fraction of sp³-hybridized carbons (Fsp3) is 0.100. The Hall–Kier alpha value is -4.11. The van der Waals surface area contributed by atoms with E-state index in [1.165, 1.54) is 36.3 Å². The Bertz CT molecular complexity index is 1730. The zero-order valence-corrected chi connectivity index (χ0v) is 24.1. The maximum atomic E-state index is 14.0. The van der Waals surface area contributed by atoms with E-state index in [-0.39, 0.29) is 16.5 Å². The first-order valence-corrected chi connectivity index (χ1v) is 13.7. The van der Waals surface area contributed by atoms with Crippen LogP contribution < -0.4 is 19.3 Å². The van der Waals surface area contributed by atoms with Gasteiger partial charge in [0.15, 0.2) is 16.6 Å². The van der Waals surface area contributed by atoms with Crippen LogP contribution in [0.2, 0.25) is 10.0 Å². The molecule has 0 aliphatic heterocycles. The van der Waals surface area contributed by atoms with E-state index < -0.39 is 5.91 Å². The number of rotatable bonds is 7. The van der Waals surface area contributed by atoms with E-state index in [2.05, 4.69) is 0 Å². The monoisotopic (exact) mass is 591 g/mol. The molecule has 5 aromatic rings. The molecule has 4 aromatic carbocycles. The van der Waals surface area contributed by atoms with Gasteiger partial charge in [0, 0.05) is 23.7 Å². The van der Waals surface area contributed by atoms with E-state index in [0.29, 0.717) is 38.5 Å². The lowest BCUT2D eigenvalue weighted by Gasteiger charge is -2.22. The molecule has 202 valence electrons. The van der Waals surface area contributed by atoms with Gasteiger partial charge in [0.2, 0.25) is 5.91 Å². The number of hydrogen-bond donors (Lipinski definition) is 0. The van der Waals surface area contributed by atoms with Crippen LogP contribution in [0.25, 0.3) is 10.2 Å². The van der Waals surface area contributed by atoms with E-state index in [4.69, 9.17) is 37.7 Å². The Kier molecular flexibility index (Phi) is 7.93. The number of benzene rings is 4. The summed E-state index contributed by atoms with van der Waals surface area (Å²) in [6.45, 7) is 1.52. The van der Waals surface area contributed by atoms with E-state index in [1.54, 1.807) is 42.3 Å². The van der Waals surface area contributed by atoms with Gasteiger partial charge in [-0.25, -0.2) is 4.98 Å². The lowest BCUT2D eigenvalue weighted by atomic mass is 10.1. The van der Waals surface area contributed by atoms with Crippen LogP contribution in [0, 0.1) is 0 Å². The van der Waals surface area contributed by atoms with Gasteiger partial charge in [-0.15, -0.1) is 0 Å². The second kappa shape index (κ2) is 11.6. The van der Waals surface area contributed by atoms with Crippen LogP contribution in [0.4, 0.5) is 22.2 Å². The summed E-state index contributed by atoms with van der Waals surface area (Å²) in [5, 5.41) is 1.04. The van der Waals surface area contributed by atoms with Crippen LogP contribution in [0.15, 0.2) is 84.9 Å². The highest BCUT2D eigenvalue weighted by Crippen LogP contribution is 2.40. The molecular formula is C30H23Cl2N3O4S. The van der Waals surface area contributed by atoms with Crippen molar-refractivity contribution in [2.75, 3.05) is 24.0 Å². The third-order valence-corrected chi connectivity index (χ3v) is 7.68. The molecule has 0 radical (unpaired) electrons. The molecule has 0 aliphatic rings. The highest BCUT2D eigenvalue weighted by Gasteiger charge is 2.27. The van der Waals surface area contributed by atoms with Crippen molar-refractivity contribution in [3.05, 3.63) is 101 Å². The van der Waals surface area contributed by atoms with Gasteiger partial charge >= 0.3 is 0 Å². The summed E-state index contributed by atoms with van der Waals surface area (Å²) < 4.78 is 11.7. The quantitative estimate of drug-likeness (QED) is 0.190. The summed E-state index contributed by atoms with van der Waals surface area (Å²) in [6.07, 6.45) is 0. The molecular weight excluding hydrogens is 569 g/mol. The lowest BCUT2D eigenvalue weighted by molar-refractivity contribution is -0.115. The molecule has 0 saturated carbocycles. The molecule has 0 spiro atoms. The van der Waals surface area contributed by atoms with Gasteiger partial charge in [0.1, 0.15) is 0 Å². The third-order valence-electron chi connectivity index (χ3n) is 6.13. The molecule has 1 heterocycles. The highest BCUT2D eigenvalue weighted by molar-refractivity contribution is 7.22. The number of nitrogens with zero attached hydrogens (tertiary/aromatic N) is 3. The average Bonchev–Trinajstić information content (AvgIpc) is 3.36. The number of para-hydroxylation sites is 1. The second-order valence-electron chi connectivity index (χ2n) is 8.64. The fourth-order valence-corrected chi connectivity index (χ4v) is 5.80. The van der Waals surface area contributed by atoms with Crippen LogP contribution in [0.3, 0.4) is 0 Å². The van der Waals surface area contributed by atoms with Crippen LogP contribution in [-0.4, -0.2) is 31.0 Å². The van der Waals surface area contributed by atoms with Crippen molar-refractivity contribution in [1.29, 1.82) is 0 Å². The Morgan fingerprint density at radius 1 is 0.775 bits per heavy atom. The zero-order chi connectivity index (χ0) is 28.4. The molecule has 0 N–H and O–H groups in total. The van der Waals surface area contributed by atoms with Gasteiger partial charge in [0.25, 0.3) is 5.91 Å². The van der Waals surface area contributed by atoms with Crippen molar-refractivity contribution in [1.82, 2.24) is 4.98 Å². The molecule has 0 atom stereocenters. The molecule has 0 fully saturated rings. The molecule has 10 heteroatoms. The first-order valence-electron chi connectivity index (χ1n) is 12.1. The summed E-state index contributed by atoms with van der Waals surface area (Å²) >= 11 is 13.8. The Morgan fingerprint density at radius 2 is 1.48 bits per heavy atom. The maximum absolute atomic E-state index is 14.0. The highest BCUT2D eigenvalue weighted by atomic mass is 35.5. The SMILES string of the molecule is COc1ccc(N(C(=O)c2ccc(Cl)cc2Cl)c2nc3ccc(N(C(C)=O)c4ccccc4)cc3s2)cc1OC. The fourth-order valence-electron chi connectivity index (χ4n) is 4.29. The topological polar surface area (TPSA) is 72.0 Å². The van der Waals surface area contributed by atoms with Crippen molar-refractivity contribution < 1.29 is 19.1 Å². The third kappa shape index (κ3) is 5.34. The minimum Gasteiger partial charge on any atom is -0.493 e. The average molecular weight is 593 g/mol. The minimum absolute atomic E-state index is 0.130. The van der Waals surface area contributed by atoms with Crippen LogP contribution >= 0.6 is 34.5 Å². The standard InChI is InChI=1S/C30H23Cl2N3O4S/c1-18(36)34(20-7-5-4-6-8-20)22-10-13-25-28(17-22)40-30(33-25)35(21-11-14-26(38-2)27(16-21)39-3)29(37)23-12-9-19(31)15-24(23)32/h4-17H,1-3H3. The predicted molar refractivity (Wildman–Crippen MR) is 161 cm³/mol. The Labute approximate surface area is 245 Å². The number of carbonyl (C=O) groups is 2. The smallest absolute Gasteiger partial charge is 0.266 e. The van der Waals surface area contributed by atoms with Gasteiger partial charge in [-0.3, -0.25) is 19.4 Å². The number of thiazole rings is 1. The number of fused-ring (bicyclic) bond motifs is 1. The predicted octanol–water partition coefficient (Wildman–Crippen LogP) is 8.28. The number of carbonyl (C=O) groups excluding carboxylic acids is 2. The zero-order valence-electron chi connectivity index (χ0n) is 21.7. The molecule has 0 saturated heterocycles. The molecule has 0 bridgehead atoms. The van der Waals surface area contributed by atoms with Gasteiger partial charge in [-0.1, -0.05) is 52.7 Å². The van der Waals surface area contributed by atoms with Gasteiger partial charge in [0.05, 0.1) is 46.4 Å². The molecule has 40 heavy (non-hydrogen) atoms. The first kappa shape index (κ1) is 27.5. The van der Waals surface area contributed by atoms with Crippen molar-refractivity contribution >= 4 is 78.8 Å². The number of hydrogen-bond acceptors (Lipinski definition) is 6. The molecule has 0 aliphatic carbocycles. The van der Waals surface area contributed by atoms with Crippen LogP contribution in [0.1, 0.15) is 17.3 Å². The normalized spacial score (nSPS) is 10.8. The minimum atomic E-state index is -0.400. The van der Waals surface area contributed by atoms with Gasteiger partial charge in [-0.2, -0.15) is 0 Å². The molecule has 1 aromatic heterocycles. The first-order chi connectivity index (χ1) is 19.3. The largest absolute Gasteiger partial charge is 0.493 e. The van der Waals surface area contributed by atoms with Crippen molar-refractivity contribution in [2.24, 2.45) is 0 Å². The van der Waals surface area contributed by atoms with E-state index in [0.717, 1.165) is 10.4 Å². The Balaban J connectivity index is 1.64. The van der Waals surface area contributed by atoms with E-state index in [1.807, 2.05) is 48.5 Å². The summed E-state index contributed by atoms with van der Waals surface area (Å²) in [6, 6.07) is 24.8. The lowest BCUT2D eigenvalue weighted by Crippen LogP contribution is -2.26. The number of ether oxygens (including phenoxy) is 2. The van der Waals surface area contributed by atoms with Gasteiger partial charge < -0.3 is 9.47 Å². The summed E-state index contributed by atoms with van der Waals surface area (Å²) in [5.74, 6) is 0.434. The molecule has 7 nitrogen and oxygen atoms in total. The second-order valence-corrected chi connectivity index (χ2v) is 10.5. The summed E-state index contributed by atoms with van der Waals surface area (Å²) in [7, 11) is 3.06. The molecule has 0 unspecified atom stereocenters. The summed E-state index contributed by atoms with van der Waals surface area (Å²) in [4.78, 5) is 34.5. The molecule has 5 rings (SSSR count). The van der Waals surface area contributed by atoms with Crippen molar-refractivity contribution in [3.63, 3.8) is 0 Å². The Morgan fingerprint density at radius 3 is 2.15 bits per heavy atom. The van der Waals surface area contributed by atoms with Crippen molar-refractivity contribution in [3.8, 4) is 11.5 Å². The van der Waals surface area contributed by atoms with E-state index >= 15 is 0 Å².